The number of rotatable bonds is 3. The maximum absolute atomic E-state index is 5.55. The minimum absolute atomic E-state index is 0.632. The Morgan fingerprint density at radius 3 is 2.65 bits per heavy atom. The largest absolute Gasteiger partial charge is 0.308 e. The smallest absolute Gasteiger partial charge is 0.163 e. The van der Waals surface area contributed by atoms with E-state index < -0.39 is 0 Å². The summed E-state index contributed by atoms with van der Waals surface area (Å²) in [4.78, 5) is 13.8. The second-order valence-corrected chi connectivity index (χ2v) is 5.22. The zero-order valence-electron chi connectivity index (χ0n) is 11.9. The van der Waals surface area contributed by atoms with Gasteiger partial charge in [-0.25, -0.2) is 15.8 Å². The van der Waals surface area contributed by atoms with Gasteiger partial charge in [-0.1, -0.05) is 0 Å². The molecule has 0 unspecified atom stereocenters. The van der Waals surface area contributed by atoms with Crippen LogP contribution in [-0.4, -0.2) is 62.8 Å². The van der Waals surface area contributed by atoms with E-state index >= 15 is 0 Å². The highest BCUT2D eigenvalue weighted by molar-refractivity contribution is 5.86. The number of nitrogens with two attached hydrogens (primary N) is 1. The summed E-state index contributed by atoms with van der Waals surface area (Å²) >= 11 is 0. The zero-order valence-corrected chi connectivity index (χ0v) is 11.9. The van der Waals surface area contributed by atoms with Crippen molar-refractivity contribution in [1.82, 2.24) is 29.5 Å². The Balaban J connectivity index is 1.86. The number of aryl methyl sites for hydroxylation is 1. The summed E-state index contributed by atoms with van der Waals surface area (Å²) in [6.45, 7) is 4.97. The van der Waals surface area contributed by atoms with Gasteiger partial charge in [-0.15, -0.1) is 0 Å². The lowest BCUT2D eigenvalue weighted by molar-refractivity contribution is 0.145. The van der Waals surface area contributed by atoms with Crippen LogP contribution in [0.3, 0.4) is 0 Å². The second-order valence-electron chi connectivity index (χ2n) is 5.22. The van der Waals surface area contributed by atoms with Crippen LogP contribution in [0, 0.1) is 0 Å². The van der Waals surface area contributed by atoms with Crippen LogP contribution < -0.4 is 11.3 Å². The molecule has 0 amide bonds. The molecular weight excluding hydrogens is 256 g/mol. The topological polar surface area (TPSA) is 88.1 Å². The number of likely N-dealkylation sites (N-methyl/N-ethyl adjacent to an activating group) is 1. The zero-order chi connectivity index (χ0) is 14.1. The van der Waals surface area contributed by atoms with Crippen molar-refractivity contribution in [2.45, 2.75) is 6.54 Å². The number of nitrogens with one attached hydrogen (secondary N) is 1. The van der Waals surface area contributed by atoms with Crippen LogP contribution in [0.25, 0.3) is 11.0 Å². The minimum Gasteiger partial charge on any atom is -0.308 e. The van der Waals surface area contributed by atoms with Gasteiger partial charge >= 0.3 is 0 Å². The molecule has 0 saturated carbocycles. The van der Waals surface area contributed by atoms with Crippen molar-refractivity contribution in [2.24, 2.45) is 12.9 Å². The number of hydrogen-bond donors (Lipinski definition) is 2. The summed E-state index contributed by atoms with van der Waals surface area (Å²) in [6.07, 6.45) is 1.73. The van der Waals surface area contributed by atoms with E-state index in [4.69, 9.17) is 5.84 Å². The molecule has 1 fully saturated rings. The third-order valence-corrected chi connectivity index (χ3v) is 3.74. The lowest BCUT2D eigenvalue weighted by Crippen LogP contribution is -2.44. The predicted molar refractivity (Wildman–Crippen MR) is 76.9 cm³/mol. The van der Waals surface area contributed by atoms with Crippen molar-refractivity contribution in [1.29, 1.82) is 0 Å². The number of fused-ring (bicyclic) bond motifs is 1. The Morgan fingerprint density at radius 2 is 1.95 bits per heavy atom. The number of piperazine rings is 1. The van der Waals surface area contributed by atoms with E-state index in [0.717, 1.165) is 49.6 Å². The Morgan fingerprint density at radius 1 is 1.20 bits per heavy atom. The van der Waals surface area contributed by atoms with E-state index in [1.807, 2.05) is 7.05 Å². The molecule has 0 atom stereocenters. The number of nitrogen functional groups attached to an aromatic ring is 1. The van der Waals surface area contributed by atoms with Crippen LogP contribution in [0.5, 0.6) is 0 Å². The first kappa shape index (κ1) is 13.2. The van der Waals surface area contributed by atoms with Gasteiger partial charge in [0.15, 0.2) is 11.5 Å². The molecular formula is C12H20N8. The van der Waals surface area contributed by atoms with Crippen molar-refractivity contribution in [3.8, 4) is 0 Å². The average Bonchev–Trinajstić information content (AvgIpc) is 2.82. The summed E-state index contributed by atoms with van der Waals surface area (Å²) < 4.78 is 1.74. The lowest BCUT2D eigenvalue weighted by Gasteiger charge is -2.31. The summed E-state index contributed by atoms with van der Waals surface area (Å²) in [5.74, 6) is 6.96. The summed E-state index contributed by atoms with van der Waals surface area (Å²) in [5, 5.41) is 5.05. The van der Waals surface area contributed by atoms with E-state index in [1.165, 1.54) is 0 Å². The number of anilines is 1. The first-order valence-corrected chi connectivity index (χ1v) is 6.73. The van der Waals surface area contributed by atoms with Gasteiger partial charge in [0, 0.05) is 33.2 Å². The Labute approximate surface area is 117 Å². The predicted octanol–water partition coefficient (Wildman–Crippen LogP) is -0.604. The molecule has 1 aliphatic heterocycles. The van der Waals surface area contributed by atoms with E-state index in [9.17, 15) is 0 Å². The first-order valence-electron chi connectivity index (χ1n) is 6.73. The van der Waals surface area contributed by atoms with Gasteiger partial charge in [-0.05, 0) is 7.05 Å². The van der Waals surface area contributed by atoms with Crippen LogP contribution in [0.15, 0.2) is 6.20 Å². The third-order valence-electron chi connectivity index (χ3n) is 3.74. The first-order chi connectivity index (χ1) is 9.67. The van der Waals surface area contributed by atoms with Crippen molar-refractivity contribution < 1.29 is 0 Å². The van der Waals surface area contributed by atoms with Crippen molar-refractivity contribution in [2.75, 3.05) is 38.7 Å². The van der Waals surface area contributed by atoms with Crippen molar-refractivity contribution in [3.05, 3.63) is 12.0 Å². The van der Waals surface area contributed by atoms with Gasteiger partial charge in [0.1, 0.15) is 5.82 Å². The Kier molecular flexibility index (Phi) is 3.51. The maximum atomic E-state index is 5.55. The molecule has 0 bridgehead atoms. The van der Waals surface area contributed by atoms with Crippen LogP contribution >= 0.6 is 0 Å². The van der Waals surface area contributed by atoms with Gasteiger partial charge in [0.05, 0.1) is 18.1 Å². The molecule has 3 N–H and O–H groups in total. The second kappa shape index (κ2) is 5.31. The summed E-state index contributed by atoms with van der Waals surface area (Å²) in [5.41, 5.74) is 3.44. The normalized spacial score (nSPS) is 17.8. The lowest BCUT2D eigenvalue weighted by atomic mass is 10.3. The van der Waals surface area contributed by atoms with Gasteiger partial charge < -0.3 is 10.3 Å². The Hall–Kier alpha value is -1.77. The standard InChI is InChI=1S/C12H20N8/c1-18-3-5-20(6-4-18)8-10-15-11(17-13)9-7-14-19(2)12(9)16-10/h7H,3-6,8,13H2,1-2H3,(H,15,16,17). The minimum atomic E-state index is 0.632. The fourth-order valence-corrected chi connectivity index (χ4v) is 2.45. The fraction of sp³-hybridized carbons (Fsp3) is 0.583. The molecule has 2 aromatic rings. The van der Waals surface area contributed by atoms with E-state index in [1.54, 1.807) is 10.9 Å². The number of hydrazine groups is 1. The third kappa shape index (κ3) is 2.45. The molecule has 0 aromatic carbocycles. The monoisotopic (exact) mass is 276 g/mol. The molecule has 2 aromatic heterocycles. The van der Waals surface area contributed by atoms with Gasteiger partial charge in [0.2, 0.25) is 0 Å². The molecule has 1 aliphatic rings. The molecule has 108 valence electrons. The van der Waals surface area contributed by atoms with Gasteiger partial charge in [-0.2, -0.15) is 5.10 Å². The molecule has 1 saturated heterocycles. The summed E-state index contributed by atoms with van der Waals surface area (Å²) in [6, 6.07) is 0. The maximum Gasteiger partial charge on any atom is 0.163 e. The molecule has 8 heteroatoms. The number of aromatic nitrogens is 4. The average molecular weight is 276 g/mol. The molecule has 0 aliphatic carbocycles. The van der Waals surface area contributed by atoms with Crippen molar-refractivity contribution in [3.63, 3.8) is 0 Å². The van der Waals surface area contributed by atoms with E-state index in [-0.39, 0.29) is 0 Å². The van der Waals surface area contributed by atoms with Gasteiger partial charge in [-0.3, -0.25) is 9.58 Å². The highest BCUT2D eigenvalue weighted by Crippen LogP contribution is 2.19. The highest BCUT2D eigenvalue weighted by atomic mass is 15.3. The molecule has 8 nitrogen and oxygen atoms in total. The van der Waals surface area contributed by atoms with Crippen molar-refractivity contribution >= 4 is 16.9 Å². The van der Waals surface area contributed by atoms with Crippen LogP contribution in [0.1, 0.15) is 5.82 Å². The van der Waals surface area contributed by atoms with Gasteiger partial charge in [0.25, 0.3) is 0 Å². The Bertz CT molecular complexity index is 599. The highest BCUT2D eigenvalue weighted by Gasteiger charge is 2.17. The fourth-order valence-electron chi connectivity index (χ4n) is 2.45. The van der Waals surface area contributed by atoms with E-state index in [2.05, 4.69) is 37.3 Å². The van der Waals surface area contributed by atoms with Crippen LogP contribution in [0.2, 0.25) is 0 Å². The number of hydrogen-bond acceptors (Lipinski definition) is 7. The van der Waals surface area contributed by atoms with Crippen LogP contribution in [-0.2, 0) is 13.6 Å². The van der Waals surface area contributed by atoms with Crippen LogP contribution in [0.4, 0.5) is 5.82 Å². The molecule has 3 rings (SSSR count). The van der Waals surface area contributed by atoms with E-state index in [0.29, 0.717) is 5.82 Å². The molecule has 3 heterocycles. The molecule has 0 spiro atoms. The molecule has 0 radical (unpaired) electrons. The molecule has 20 heavy (non-hydrogen) atoms. The number of nitrogens with zero attached hydrogens (tertiary/aromatic N) is 6. The summed E-state index contributed by atoms with van der Waals surface area (Å²) in [7, 11) is 4.02. The quantitative estimate of drug-likeness (QED) is 0.571. The SMILES string of the molecule is CN1CCN(Cc2nc(NN)c3cnn(C)c3n2)CC1.